The van der Waals surface area contributed by atoms with E-state index in [4.69, 9.17) is 0 Å². The molecule has 0 atom stereocenters. The quantitative estimate of drug-likeness (QED) is 0.512. The molecule has 0 bridgehead atoms. The molecule has 7 nitrogen and oxygen atoms in total. The molecule has 1 aliphatic heterocycles. The Kier molecular flexibility index (Phi) is 6.00. The molecule has 0 saturated carbocycles. The van der Waals surface area contributed by atoms with Gasteiger partial charge in [0.2, 0.25) is 0 Å². The molecule has 0 saturated heterocycles. The van der Waals surface area contributed by atoms with Crippen LogP contribution in [-0.4, -0.2) is 39.8 Å². The summed E-state index contributed by atoms with van der Waals surface area (Å²) in [6.07, 6.45) is 1.56. The molecule has 170 valence electrons. The number of pyridine rings is 1. The van der Waals surface area contributed by atoms with Crippen LogP contribution in [0.25, 0.3) is 0 Å². The van der Waals surface area contributed by atoms with Crippen molar-refractivity contribution in [3.63, 3.8) is 0 Å². The van der Waals surface area contributed by atoms with Gasteiger partial charge in [-0.1, -0.05) is 0 Å². The number of aromatic nitrogens is 1. The van der Waals surface area contributed by atoms with E-state index in [0.717, 1.165) is 0 Å². The molecule has 1 aromatic heterocycles. The number of hydrogen-bond donors (Lipinski definition) is 3. The molecule has 33 heavy (non-hydrogen) atoms. The van der Waals surface area contributed by atoms with Crippen molar-refractivity contribution >= 4 is 34.6 Å². The molecule has 1 aliphatic rings. The smallest absolute Gasteiger partial charge is 0.253 e. The monoisotopic (exact) mass is 448 g/mol. The summed E-state index contributed by atoms with van der Waals surface area (Å²) in [6.45, 7) is 6.63. The number of benzene rings is 2. The lowest BCUT2D eigenvalue weighted by Crippen LogP contribution is -2.30. The molecule has 2 aromatic carbocycles. The van der Waals surface area contributed by atoms with Gasteiger partial charge in [-0.3, -0.25) is 9.59 Å². The summed E-state index contributed by atoms with van der Waals surface area (Å²) < 4.78 is 14.5. The average Bonchev–Trinajstić information content (AvgIpc) is 2.93. The lowest BCUT2D eigenvalue weighted by atomic mass is 10.0. The van der Waals surface area contributed by atoms with Crippen molar-refractivity contribution < 1.29 is 19.1 Å². The number of nitrogens with zero attached hydrogens (tertiary/aromatic N) is 2. The number of aryl methyl sites for hydroxylation is 1. The number of rotatable bonds is 5. The third-order valence-electron chi connectivity index (χ3n) is 5.79. The van der Waals surface area contributed by atoms with E-state index in [2.05, 4.69) is 15.6 Å². The molecule has 2 heterocycles. The minimum Gasteiger partial charge on any atom is -0.508 e. The van der Waals surface area contributed by atoms with Gasteiger partial charge in [0, 0.05) is 43.0 Å². The second-order valence-corrected chi connectivity index (χ2v) is 7.90. The Balaban J connectivity index is 1.69. The van der Waals surface area contributed by atoms with Gasteiger partial charge in [-0.25, -0.2) is 9.37 Å². The van der Waals surface area contributed by atoms with Crippen LogP contribution in [-0.2, 0) is 6.42 Å². The number of anilines is 4. The number of halogens is 1. The number of fused-ring (bicyclic) bond motifs is 2. The Bertz CT molecular complexity index is 1250. The average molecular weight is 448 g/mol. The van der Waals surface area contributed by atoms with Crippen molar-refractivity contribution in [1.82, 2.24) is 9.88 Å². The van der Waals surface area contributed by atoms with Crippen molar-refractivity contribution in [1.29, 1.82) is 0 Å². The standard InChI is InChI=1S/C25H25FN4O3/c1-4-30(5-2)25(33)15-6-7-18-16(11-15)12-22(32)23-19(8-9-27-24(23)29-18)28-20-13-21(31)14(3)10-17(20)26/h6-11,13,31H,4-5,12H2,1-3H3,(H2,27,28,29). The predicted molar refractivity (Wildman–Crippen MR) is 125 cm³/mol. The van der Waals surface area contributed by atoms with E-state index in [1.807, 2.05) is 13.8 Å². The zero-order valence-corrected chi connectivity index (χ0v) is 18.7. The highest BCUT2D eigenvalue weighted by molar-refractivity contribution is 6.09. The number of nitrogens with one attached hydrogen (secondary N) is 2. The second kappa shape index (κ2) is 8.90. The molecule has 0 unspecified atom stereocenters. The van der Waals surface area contributed by atoms with Crippen LogP contribution in [0.15, 0.2) is 42.6 Å². The number of phenolic OH excluding ortho intramolecular Hbond substituents is 1. The molecule has 0 radical (unpaired) electrons. The topological polar surface area (TPSA) is 94.6 Å². The molecule has 1 amide bonds. The molecular weight excluding hydrogens is 423 g/mol. The number of phenols is 1. The van der Waals surface area contributed by atoms with E-state index in [0.29, 0.717) is 47.0 Å². The van der Waals surface area contributed by atoms with Gasteiger partial charge in [-0.2, -0.15) is 0 Å². The summed E-state index contributed by atoms with van der Waals surface area (Å²) in [6, 6.07) is 9.33. The van der Waals surface area contributed by atoms with Crippen LogP contribution in [0.1, 0.15) is 45.7 Å². The number of carbonyl (C=O) groups excluding carboxylic acids is 2. The zero-order valence-electron chi connectivity index (χ0n) is 18.7. The maximum atomic E-state index is 14.5. The zero-order chi connectivity index (χ0) is 23.7. The summed E-state index contributed by atoms with van der Waals surface area (Å²) in [7, 11) is 0. The number of amides is 1. The summed E-state index contributed by atoms with van der Waals surface area (Å²) in [4.78, 5) is 32.0. The third-order valence-corrected chi connectivity index (χ3v) is 5.79. The number of aromatic hydroxyl groups is 1. The highest BCUT2D eigenvalue weighted by Gasteiger charge is 2.25. The highest BCUT2D eigenvalue weighted by atomic mass is 19.1. The van der Waals surface area contributed by atoms with Crippen molar-refractivity contribution in [2.24, 2.45) is 0 Å². The highest BCUT2D eigenvalue weighted by Crippen LogP contribution is 2.35. The third kappa shape index (κ3) is 4.24. The Hall–Kier alpha value is -3.94. The van der Waals surface area contributed by atoms with E-state index < -0.39 is 5.82 Å². The molecule has 0 fully saturated rings. The first-order valence-corrected chi connectivity index (χ1v) is 10.8. The van der Waals surface area contributed by atoms with E-state index in [1.165, 1.54) is 18.3 Å². The number of ketones is 1. The summed E-state index contributed by atoms with van der Waals surface area (Å²) in [5.74, 6) is -0.583. The number of carbonyl (C=O) groups is 2. The summed E-state index contributed by atoms with van der Waals surface area (Å²) >= 11 is 0. The van der Waals surface area contributed by atoms with Crippen LogP contribution in [0.4, 0.5) is 27.3 Å². The maximum absolute atomic E-state index is 14.5. The van der Waals surface area contributed by atoms with Crippen molar-refractivity contribution in [3.05, 3.63) is 70.7 Å². The van der Waals surface area contributed by atoms with Gasteiger partial charge in [0.1, 0.15) is 17.4 Å². The number of Topliss-reactive ketones (excluding diaryl/α,β-unsaturated/α-hetero) is 1. The van der Waals surface area contributed by atoms with E-state index >= 15 is 0 Å². The van der Waals surface area contributed by atoms with Crippen LogP contribution in [0.5, 0.6) is 5.75 Å². The van der Waals surface area contributed by atoms with Crippen LogP contribution in [0.3, 0.4) is 0 Å². The lowest BCUT2D eigenvalue weighted by Gasteiger charge is -2.19. The van der Waals surface area contributed by atoms with Gasteiger partial charge in [0.05, 0.1) is 16.9 Å². The summed E-state index contributed by atoms with van der Waals surface area (Å²) in [5, 5.41) is 16.1. The van der Waals surface area contributed by atoms with Crippen molar-refractivity contribution in [2.45, 2.75) is 27.2 Å². The SMILES string of the molecule is CCN(CC)C(=O)c1ccc2c(c1)CC(=O)c1c(Nc3cc(O)c(C)cc3F)ccnc1N2. The van der Waals surface area contributed by atoms with Gasteiger partial charge < -0.3 is 20.6 Å². The van der Waals surface area contributed by atoms with Crippen LogP contribution in [0, 0.1) is 12.7 Å². The van der Waals surface area contributed by atoms with Crippen molar-refractivity contribution in [3.8, 4) is 5.75 Å². The fraction of sp³-hybridized carbons (Fsp3) is 0.240. The van der Waals surface area contributed by atoms with E-state index in [-0.39, 0.29) is 35.1 Å². The fourth-order valence-corrected chi connectivity index (χ4v) is 3.92. The first-order valence-electron chi connectivity index (χ1n) is 10.8. The van der Waals surface area contributed by atoms with Gasteiger partial charge in [0.15, 0.2) is 5.78 Å². The Morgan fingerprint density at radius 1 is 1.18 bits per heavy atom. The molecule has 8 heteroatoms. The minimum absolute atomic E-state index is 0.0492. The normalized spacial score (nSPS) is 12.3. The van der Waals surface area contributed by atoms with Gasteiger partial charge >= 0.3 is 0 Å². The first kappa shape index (κ1) is 22.3. The lowest BCUT2D eigenvalue weighted by molar-refractivity contribution is 0.0772. The molecular formula is C25H25FN4O3. The van der Waals surface area contributed by atoms with Crippen LogP contribution in [0.2, 0.25) is 0 Å². The van der Waals surface area contributed by atoms with Gasteiger partial charge in [0.25, 0.3) is 5.91 Å². The molecule has 0 aliphatic carbocycles. The van der Waals surface area contributed by atoms with E-state index in [1.54, 1.807) is 36.1 Å². The Morgan fingerprint density at radius 3 is 2.67 bits per heavy atom. The van der Waals surface area contributed by atoms with Gasteiger partial charge in [-0.05, 0) is 62.2 Å². The second-order valence-electron chi connectivity index (χ2n) is 7.90. The Labute approximate surface area is 191 Å². The molecule has 4 rings (SSSR count). The van der Waals surface area contributed by atoms with Crippen LogP contribution >= 0.6 is 0 Å². The Morgan fingerprint density at radius 2 is 1.94 bits per heavy atom. The van der Waals surface area contributed by atoms with E-state index in [9.17, 15) is 19.1 Å². The number of hydrogen-bond acceptors (Lipinski definition) is 6. The fourth-order valence-electron chi connectivity index (χ4n) is 3.92. The van der Waals surface area contributed by atoms with Gasteiger partial charge in [-0.15, -0.1) is 0 Å². The largest absolute Gasteiger partial charge is 0.508 e. The molecule has 0 spiro atoms. The maximum Gasteiger partial charge on any atom is 0.253 e. The van der Waals surface area contributed by atoms with Crippen LogP contribution < -0.4 is 10.6 Å². The predicted octanol–water partition coefficient (Wildman–Crippen LogP) is 4.94. The van der Waals surface area contributed by atoms with Crippen molar-refractivity contribution in [2.75, 3.05) is 23.7 Å². The summed E-state index contributed by atoms with van der Waals surface area (Å²) in [5.41, 5.74) is 2.99. The molecule has 3 aromatic rings. The minimum atomic E-state index is -0.548. The first-order chi connectivity index (χ1) is 15.8. The molecule has 3 N–H and O–H groups in total.